The van der Waals surface area contributed by atoms with E-state index in [-0.39, 0.29) is 23.1 Å². The highest BCUT2D eigenvalue weighted by atomic mass is 35.5. The van der Waals surface area contributed by atoms with Gasteiger partial charge in [0, 0.05) is 23.2 Å². The quantitative estimate of drug-likeness (QED) is 0.264. The van der Waals surface area contributed by atoms with Gasteiger partial charge in [0.15, 0.2) is 11.5 Å². The SMILES string of the molecule is CC[C@H](C(=O)NC(C)(C)C)N(Cc1ccccc1Cl)C(=O)CN(c1cc(C)cc(C)c1)S(=O)(=O)c1ccc(OC)c(OC)c1. The molecule has 3 aromatic rings. The van der Waals surface area contributed by atoms with Crippen LogP contribution in [-0.4, -0.2) is 57.5 Å². The van der Waals surface area contributed by atoms with Crippen molar-refractivity contribution in [1.29, 1.82) is 0 Å². The van der Waals surface area contributed by atoms with E-state index in [1.807, 2.05) is 47.6 Å². The van der Waals surface area contributed by atoms with Crippen molar-refractivity contribution in [1.82, 2.24) is 10.2 Å². The van der Waals surface area contributed by atoms with E-state index in [1.165, 1.54) is 37.3 Å². The van der Waals surface area contributed by atoms with Gasteiger partial charge in [-0.1, -0.05) is 42.8 Å². The molecule has 9 nitrogen and oxygen atoms in total. The molecule has 0 unspecified atom stereocenters. The Hall–Kier alpha value is -3.76. The maximum atomic E-state index is 14.3. The van der Waals surface area contributed by atoms with Crippen LogP contribution in [0.5, 0.6) is 11.5 Å². The summed E-state index contributed by atoms with van der Waals surface area (Å²) in [4.78, 5) is 29.2. The van der Waals surface area contributed by atoms with E-state index in [9.17, 15) is 18.0 Å². The monoisotopic (exact) mass is 643 g/mol. The predicted octanol–water partition coefficient (Wildman–Crippen LogP) is 5.89. The summed E-state index contributed by atoms with van der Waals surface area (Å²) in [6.45, 7) is 10.5. The second kappa shape index (κ2) is 14.3. The summed E-state index contributed by atoms with van der Waals surface area (Å²) >= 11 is 6.48. The highest BCUT2D eigenvalue weighted by Gasteiger charge is 2.35. The highest BCUT2D eigenvalue weighted by molar-refractivity contribution is 7.92. The van der Waals surface area contributed by atoms with Crippen LogP contribution < -0.4 is 19.1 Å². The number of nitrogens with zero attached hydrogens (tertiary/aromatic N) is 2. The Morgan fingerprint density at radius 2 is 1.55 bits per heavy atom. The topological polar surface area (TPSA) is 105 Å². The molecule has 1 N–H and O–H groups in total. The Morgan fingerprint density at radius 1 is 0.932 bits per heavy atom. The van der Waals surface area contributed by atoms with E-state index >= 15 is 0 Å². The zero-order valence-electron chi connectivity index (χ0n) is 26.6. The average Bonchev–Trinajstić information content (AvgIpc) is 2.94. The number of carbonyl (C=O) groups excluding carboxylic acids is 2. The summed E-state index contributed by atoms with van der Waals surface area (Å²) < 4.78 is 40.4. The van der Waals surface area contributed by atoms with Crippen molar-refractivity contribution in [2.45, 2.75) is 71.0 Å². The van der Waals surface area contributed by atoms with Gasteiger partial charge in [-0.2, -0.15) is 0 Å². The zero-order valence-corrected chi connectivity index (χ0v) is 28.2. The number of aryl methyl sites for hydroxylation is 2. The van der Waals surface area contributed by atoms with E-state index in [1.54, 1.807) is 36.4 Å². The number of anilines is 1. The summed E-state index contributed by atoms with van der Waals surface area (Å²) in [5.74, 6) is -0.322. The largest absolute Gasteiger partial charge is 0.493 e. The van der Waals surface area contributed by atoms with E-state index in [0.29, 0.717) is 28.4 Å². The Bertz CT molecular complexity index is 1580. The lowest BCUT2D eigenvalue weighted by molar-refractivity contribution is -0.141. The van der Waals surface area contributed by atoms with Gasteiger partial charge in [-0.05, 0) is 88.1 Å². The number of amides is 2. The lowest BCUT2D eigenvalue weighted by Crippen LogP contribution is -2.55. The Kier molecular flexibility index (Phi) is 11.3. The molecule has 2 amide bonds. The normalized spacial score (nSPS) is 12.3. The minimum Gasteiger partial charge on any atom is -0.493 e. The number of benzene rings is 3. The predicted molar refractivity (Wildman–Crippen MR) is 174 cm³/mol. The molecule has 0 bridgehead atoms. The standard InChI is InChI=1S/C33H42ClN3O6S/c1-9-28(32(39)35-33(4,5)6)36(20-24-12-10-11-13-27(24)34)31(38)21-37(25-17-22(2)16-23(3)18-25)44(40,41)26-14-15-29(42-7)30(19-26)43-8/h10-19,28H,9,20-21H2,1-8H3,(H,35,39)/t28-/m1/s1. The third-order valence-corrected chi connectivity index (χ3v) is 9.04. The average molecular weight is 644 g/mol. The first-order valence-corrected chi connectivity index (χ1v) is 16.1. The molecule has 11 heteroatoms. The van der Waals surface area contributed by atoms with Crippen LogP contribution in [-0.2, 0) is 26.2 Å². The van der Waals surface area contributed by atoms with Crippen LogP contribution >= 0.6 is 11.6 Å². The minimum absolute atomic E-state index is 0.00562. The Morgan fingerprint density at radius 3 is 2.09 bits per heavy atom. The molecule has 0 aliphatic carbocycles. The van der Waals surface area contributed by atoms with Gasteiger partial charge in [0.25, 0.3) is 10.0 Å². The second-order valence-corrected chi connectivity index (χ2v) is 13.9. The first kappa shape index (κ1) is 34.7. The molecule has 0 aromatic heterocycles. The van der Waals surface area contributed by atoms with Crippen molar-refractivity contribution >= 4 is 39.1 Å². The smallest absolute Gasteiger partial charge is 0.264 e. The van der Waals surface area contributed by atoms with Gasteiger partial charge < -0.3 is 19.7 Å². The fourth-order valence-electron chi connectivity index (χ4n) is 4.91. The molecule has 0 aliphatic heterocycles. The van der Waals surface area contributed by atoms with Crippen LogP contribution in [0.25, 0.3) is 0 Å². The summed E-state index contributed by atoms with van der Waals surface area (Å²) in [5, 5.41) is 3.39. The first-order chi connectivity index (χ1) is 20.6. The first-order valence-electron chi connectivity index (χ1n) is 14.3. The van der Waals surface area contributed by atoms with Crippen LogP contribution in [0.4, 0.5) is 5.69 Å². The minimum atomic E-state index is -4.31. The fourth-order valence-corrected chi connectivity index (χ4v) is 6.52. The van der Waals surface area contributed by atoms with Crippen LogP contribution in [0.1, 0.15) is 50.8 Å². The molecule has 0 spiro atoms. The summed E-state index contributed by atoms with van der Waals surface area (Å²) in [6, 6.07) is 15.8. The highest BCUT2D eigenvalue weighted by Crippen LogP contribution is 2.33. The molecule has 0 heterocycles. The maximum absolute atomic E-state index is 14.3. The van der Waals surface area contributed by atoms with E-state index in [4.69, 9.17) is 21.1 Å². The lowest BCUT2D eigenvalue weighted by Gasteiger charge is -2.35. The summed E-state index contributed by atoms with van der Waals surface area (Å²) in [6.07, 6.45) is 0.296. The van der Waals surface area contributed by atoms with Gasteiger partial charge in [0.1, 0.15) is 12.6 Å². The number of sulfonamides is 1. The molecule has 0 aliphatic rings. The number of rotatable bonds is 12. The molecule has 238 valence electrons. The van der Waals surface area contributed by atoms with E-state index in [2.05, 4.69) is 5.32 Å². The molecule has 1 atom stereocenters. The van der Waals surface area contributed by atoms with E-state index < -0.39 is 34.1 Å². The van der Waals surface area contributed by atoms with Gasteiger partial charge in [-0.15, -0.1) is 0 Å². The third kappa shape index (κ3) is 8.45. The van der Waals surface area contributed by atoms with Crippen molar-refractivity contribution in [3.8, 4) is 11.5 Å². The number of nitrogens with one attached hydrogen (secondary N) is 1. The summed E-state index contributed by atoms with van der Waals surface area (Å²) in [5.41, 5.74) is 2.04. The van der Waals surface area contributed by atoms with Gasteiger partial charge in [0.2, 0.25) is 11.8 Å². The van der Waals surface area contributed by atoms with Crippen LogP contribution in [0.3, 0.4) is 0 Å². The number of methoxy groups -OCH3 is 2. The number of hydrogen-bond acceptors (Lipinski definition) is 6. The van der Waals surface area contributed by atoms with Crippen molar-refractivity contribution in [3.63, 3.8) is 0 Å². The molecule has 44 heavy (non-hydrogen) atoms. The third-order valence-electron chi connectivity index (χ3n) is 6.90. The molecule has 3 rings (SSSR count). The van der Waals surface area contributed by atoms with Gasteiger partial charge >= 0.3 is 0 Å². The Labute approximate surface area is 266 Å². The van der Waals surface area contributed by atoms with Crippen molar-refractivity contribution in [2.24, 2.45) is 0 Å². The van der Waals surface area contributed by atoms with Gasteiger partial charge in [-0.25, -0.2) is 8.42 Å². The number of ether oxygens (including phenoxy) is 2. The van der Waals surface area contributed by atoms with E-state index in [0.717, 1.165) is 15.4 Å². The number of carbonyl (C=O) groups is 2. The maximum Gasteiger partial charge on any atom is 0.264 e. The van der Waals surface area contributed by atoms with Crippen LogP contribution in [0.2, 0.25) is 5.02 Å². The fraction of sp³-hybridized carbons (Fsp3) is 0.394. The van der Waals surface area contributed by atoms with Crippen LogP contribution in [0, 0.1) is 13.8 Å². The molecule has 0 radical (unpaired) electrons. The van der Waals surface area contributed by atoms with Crippen molar-refractivity contribution in [2.75, 3.05) is 25.1 Å². The molecule has 0 saturated heterocycles. The Balaban J connectivity index is 2.16. The molecule has 3 aromatic carbocycles. The van der Waals surface area contributed by atoms with Gasteiger partial charge in [0.05, 0.1) is 24.8 Å². The lowest BCUT2D eigenvalue weighted by atomic mass is 10.1. The molecular formula is C33H42ClN3O6S. The number of halogens is 1. The second-order valence-electron chi connectivity index (χ2n) is 11.7. The molecule has 0 saturated carbocycles. The van der Waals surface area contributed by atoms with Crippen molar-refractivity contribution in [3.05, 3.63) is 82.4 Å². The molecular weight excluding hydrogens is 602 g/mol. The molecule has 0 fully saturated rings. The van der Waals surface area contributed by atoms with Crippen molar-refractivity contribution < 1.29 is 27.5 Å². The summed E-state index contributed by atoms with van der Waals surface area (Å²) in [7, 11) is -1.44. The zero-order chi connectivity index (χ0) is 32.8. The number of hydrogen-bond donors (Lipinski definition) is 1. The van der Waals surface area contributed by atoms with Gasteiger partial charge in [-0.3, -0.25) is 13.9 Å². The van der Waals surface area contributed by atoms with Crippen LogP contribution in [0.15, 0.2) is 65.6 Å².